The Morgan fingerprint density at radius 2 is 1.65 bits per heavy atom. The van der Waals surface area contributed by atoms with Gasteiger partial charge in [-0.3, -0.25) is 9.59 Å². The molecule has 3 rings (SSSR count). The van der Waals surface area contributed by atoms with Gasteiger partial charge in [-0.15, -0.1) is 0 Å². The van der Waals surface area contributed by atoms with Crippen LogP contribution in [0.25, 0.3) is 0 Å². The highest BCUT2D eigenvalue weighted by atomic mass is 16.2. The average Bonchev–Trinajstić information content (AvgIpc) is 2.77. The normalized spacial score (nSPS) is 23.2. The van der Waals surface area contributed by atoms with Crippen molar-refractivity contribution in [1.82, 2.24) is 15.5 Å². The molecule has 172 valence electrons. The van der Waals surface area contributed by atoms with E-state index in [1.54, 1.807) is 0 Å². The maximum atomic E-state index is 12.7. The van der Waals surface area contributed by atoms with E-state index >= 15 is 0 Å². The van der Waals surface area contributed by atoms with Crippen molar-refractivity contribution in [1.29, 1.82) is 0 Å². The first-order valence-electron chi connectivity index (χ1n) is 12.3. The fraction of sp³-hybridized carbons (Fsp3) is 0.692. The Balaban J connectivity index is 1.34. The second-order valence-electron chi connectivity index (χ2n) is 9.74. The Morgan fingerprint density at radius 3 is 2.32 bits per heavy atom. The first-order valence-corrected chi connectivity index (χ1v) is 12.3. The number of aryl methyl sites for hydroxylation is 1. The molecule has 2 fully saturated rings. The van der Waals surface area contributed by atoms with Gasteiger partial charge in [-0.05, 0) is 88.6 Å². The molecule has 31 heavy (non-hydrogen) atoms. The smallest absolute Gasteiger partial charge is 0.223 e. The summed E-state index contributed by atoms with van der Waals surface area (Å²) in [5.41, 5.74) is 3.83. The molecule has 0 aromatic heterocycles. The van der Waals surface area contributed by atoms with E-state index in [0.717, 1.165) is 51.7 Å². The van der Waals surface area contributed by atoms with Crippen molar-refractivity contribution in [2.45, 2.75) is 90.6 Å². The van der Waals surface area contributed by atoms with E-state index < -0.39 is 0 Å². The fourth-order valence-electron chi connectivity index (χ4n) is 4.92. The molecule has 5 heteroatoms. The van der Waals surface area contributed by atoms with Crippen molar-refractivity contribution in [3.8, 4) is 0 Å². The van der Waals surface area contributed by atoms with E-state index in [1.807, 2.05) is 6.92 Å². The minimum absolute atomic E-state index is 0.0345. The quantitative estimate of drug-likeness (QED) is 0.661. The Morgan fingerprint density at radius 1 is 1.00 bits per heavy atom. The molecule has 2 N–H and O–H groups in total. The molecule has 5 nitrogen and oxygen atoms in total. The lowest BCUT2D eigenvalue weighted by Crippen LogP contribution is -2.45. The number of benzene rings is 1. The number of hydrogen-bond donors (Lipinski definition) is 2. The topological polar surface area (TPSA) is 61.4 Å². The van der Waals surface area contributed by atoms with E-state index in [4.69, 9.17) is 0 Å². The van der Waals surface area contributed by atoms with E-state index in [-0.39, 0.29) is 29.8 Å². The van der Waals surface area contributed by atoms with Crippen molar-refractivity contribution in [3.63, 3.8) is 0 Å². The molecule has 1 saturated heterocycles. The first-order chi connectivity index (χ1) is 14.9. The van der Waals surface area contributed by atoms with Crippen molar-refractivity contribution < 1.29 is 9.59 Å². The number of hydrogen-bond acceptors (Lipinski definition) is 3. The molecular formula is C26H41N3O2. The largest absolute Gasteiger partial charge is 0.353 e. The number of carbonyl (C=O) groups is 2. The third kappa shape index (κ3) is 7.34. The van der Waals surface area contributed by atoms with Crippen LogP contribution in [0.1, 0.15) is 75.0 Å². The van der Waals surface area contributed by atoms with E-state index in [0.29, 0.717) is 6.42 Å². The number of amides is 2. The highest BCUT2D eigenvalue weighted by molar-refractivity contribution is 5.79. The van der Waals surface area contributed by atoms with Gasteiger partial charge in [0.25, 0.3) is 0 Å². The van der Waals surface area contributed by atoms with Crippen LogP contribution in [0, 0.1) is 19.8 Å². The summed E-state index contributed by atoms with van der Waals surface area (Å²) < 4.78 is 0. The third-order valence-electron chi connectivity index (χ3n) is 7.23. The molecule has 2 aliphatic rings. The number of likely N-dealkylation sites (tertiary alicyclic amines) is 1. The van der Waals surface area contributed by atoms with Gasteiger partial charge in [0.1, 0.15) is 0 Å². The number of carbonyl (C=O) groups excluding carboxylic acids is 2. The zero-order chi connectivity index (χ0) is 22.2. The fourth-order valence-corrected chi connectivity index (χ4v) is 4.92. The molecule has 1 heterocycles. The first kappa shape index (κ1) is 23.8. The molecule has 0 bridgehead atoms. The lowest BCUT2D eigenvalue weighted by Gasteiger charge is -2.31. The summed E-state index contributed by atoms with van der Waals surface area (Å²) >= 11 is 0. The maximum Gasteiger partial charge on any atom is 0.223 e. The molecule has 0 spiro atoms. The van der Waals surface area contributed by atoms with Gasteiger partial charge in [-0.2, -0.15) is 0 Å². The van der Waals surface area contributed by atoms with Crippen LogP contribution in [0.2, 0.25) is 0 Å². The van der Waals surface area contributed by atoms with Gasteiger partial charge in [-0.1, -0.05) is 31.5 Å². The predicted molar refractivity (Wildman–Crippen MR) is 126 cm³/mol. The van der Waals surface area contributed by atoms with Crippen LogP contribution in [0.4, 0.5) is 0 Å². The van der Waals surface area contributed by atoms with Gasteiger partial charge < -0.3 is 15.5 Å². The zero-order valence-electron chi connectivity index (χ0n) is 19.7. The maximum absolute atomic E-state index is 12.7. The zero-order valence-corrected chi connectivity index (χ0v) is 19.7. The molecule has 1 aromatic rings. The van der Waals surface area contributed by atoms with Crippen LogP contribution in [-0.4, -0.2) is 48.4 Å². The van der Waals surface area contributed by atoms with E-state index in [2.05, 4.69) is 47.6 Å². The van der Waals surface area contributed by atoms with Crippen LogP contribution >= 0.6 is 0 Å². The summed E-state index contributed by atoms with van der Waals surface area (Å²) in [5, 5.41) is 6.48. The van der Waals surface area contributed by atoms with Gasteiger partial charge in [0.2, 0.25) is 11.8 Å². The average molecular weight is 428 g/mol. The SMILES string of the molecule is Cc1cccc(CC(C)C(=O)N[C@H]2CC[C@H](NC(=O)CCN3CCCCC3)CC2)c1C. The third-order valence-corrected chi connectivity index (χ3v) is 7.23. The van der Waals surface area contributed by atoms with Gasteiger partial charge in [0.05, 0.1) is 0 Å². The van der Waals surface area contributed by atoms with Crippen molar-refractivity contribution >= 4 is 11.8 Å². The number of piperidine rings is 1. The Bertz CT molecular complexity index is 734. The lowest BCUT2D eigenvalue weighted by atomic mass is 9.90. The molecule has 2 amide bonds. The van der Waals surface area contributed by atoms with Gasteiger partial charge in [0.15, 0.2) is 0 Å². The predicted octanol–water partition coefficient (Wildman–Crippen LogP) is 3.90. The number of nitrogens with one attached hydrogen (secondary N) is 2. The Hall–Kier alpha value is -1.88. The van der Waals surface area contributed by atoms with Crippen molar-refractivity contribution in [3.05, 3.63) is 34.9 Å². The summed E-state index contributed by atoms with van der Waals surface area (Å²) in [4.78, 5) is 27.5. The van der Waals surface area contributed by atoms with Crippen LogP contribution < -0.4 is 10.6 Å². The Kier molecular flexibility index (Phi) is 8.94. The number of nitrogens with zero attached hydrogens (tertiary/aromatic N) is 1. The summed E-state index contributed by atoms with van der Waals surface area (Å²) in [6, 6.07) is 6.81. The van der Waals surface area contributed by atoms with Crippen LogP contribution in [0.5, 0.6) is 0 Å². The highest BCUT2D eigenvalue weighted by Crippen LogP contribution is 2.21. The minimum Gasteiger partial charge on any atom is -0.353 e. The molecule has 1 atom stereocenters. The number of rotatable bonds is 8. The highest BCUT2D eigenvalue weighted by Gasteiger charge is 2.25. The van der Waals surface area contributed by atoms with Gasteiger partial charge in [-0.25, -0.2) is 0 Å². The van der Waals surface area contributed by atoms with Crippen molar-refractivity contribution in [2.24, 2.45) is 5.92 Å². The van der Waals surface area contributed by atoms with Gasteiger partial charge in [0, 0.05) is 31.0 Å². The van der Waals surface area contributed by atoms with Crippen LogP contribution in [0.3, 0.4) is 0 Å². The van der Waals surface area contributed by atoms with Gasteiger partial charge >= 0.3 is 0 Å². The molecule has 1 saturated carbocycles. The van der Waals surface area contributed by atoms with Crippen LogP contribution in [-0.2, 0) is 16.0 Å². The van der Waals surface area contributed by atoms with Crippen molar-refractivity contribution in [2.75, 3.05) is 19.6 Å². The summed E-state index contributed by atoms with van der Waals surface area (Å²) in [5.74, 6) is 0.294. The van der Waals surface area contributed by atoms with E-state index in [1.165, 1.54) is 36.0 Å². The minimum atomic E-state index is -0.0345. The summed E-state index contributed by atoms with van der Waals surface area (Å²) in [6.07, 6.45) is 9.03. The molecule has 0 radical (unpaired) electrons. The summed E-state index contributed by atoms with van der Waals surface area (Å²) in [7, 11) is 0. The second kappa shape index (κ2) is 11.7. The van der Waals surface area contributed by atoms with Crippen LogP contribution in [0.15, 0.2) is 18.2 Å². The summed E-state index contributed by atoms with van der Waals surface area (Å²) in [6.45, 7) is 9.44. The molecule has 1 aromatic carbocycles. The molecular weight excluding hydrogens is 386 g/mol. The Labute approximate surface area is 188 Å². The lowest BCUT2D eigenvalue weighted by molar-refractivity contribution is -0.126. The monoisotopic (exact) mass is 427 g/mol. The molecule has 1 aliphatic heterocycles. The standard InChI is InChI=1S/C26H41N3O2/c1-19-8-7-9-22(21(19)3)18-20(2)26(31)28-24-12-10-23(11-13-24)27-25(30)14-17-29-15-5-4-6-16-29/h7-9,20,23-24H,4-6,10-18H2,1-3H3,(H,27,30)(H,28,31)/t20?,23-,24-. The second-order valence-corrected chi connectivity index (χ2v) is 9.74. The molecule has 1 aliphatic carbocycles. The molecule has 1 unspecified atom stereocenters. The van der Waals surface area contributed by atoms with E-state index in [9.17, 15) is 9.59 Å².